The van der Waals surface area contributed by atoms with Crippen molar-refractivity contribution in [3.63, 3.8) is 0 Å². The van der Waals surface area contributed by atoms with Crippen LogP contribution in [0.15, 0.2) is 41.3 Å². The van der Waals surface area contributed by atoms with Crippen molar-refractivity contribution in [2.45, 2.75) is 0 Å². The van der Waals surface area contributed by atoms with Gasteiger partial charge >= 0.3 is 11.7 Å². The maximum Gasteiger partial charge on any atom is 0.365 e. The lowest BCUT2D eigenvalue weighted by molar-refractivity contribution is 0.0401. The molecule has 2 aromatic rings. The zero-order chi connectivity index (χ0) is 12.4. The van der Waals surface area contributed by atoms with Crippen LogP contribution in [0.5, 0.6) is 5.88 Å². The molecule has 17 heavy (non-hydrogen) atoms. The van der Waals surface area contributed by atoms with E-state index in [1.54, 1.807) is 30.3 Å². The zero-order valence-electron chi connectivity index (χ0n) is 9.03. The predicted molar refractivity (Wildman–Crippen MR) is 58.7 cm³/mol. The minimum Gasteiger partial charge on any atom is -0.491 e. The largest absolute Gasteiger partial charge is 0.491 e. The third-order valence-electron chi connectivity index (χ3n) is 2.18. The summed E-state index contributed by atoms with van der Waals surface area (Å²) in [4.78, 5) is 27.8. The summed E-state index contributed by atoms with van der Waals surface area (Å²) in [6, 6.07) is 8.19. The Morgan fingerprint density at radius 1 is 1.29 bits per heavy atom. The highest BCUT2D eigenvalue weighted by Gasteiger charge is 2.14. The lowest BCUT2D eigenvalue weighted by Crippen LogP contribution is -2.31. The molecule has 0 fully saturated rings. The van der Waals surface area contributed by atoms with Gasteiger partial charge in [0.2, 0.25) is 5.88 Å². The van der Waals surface area contributed by atoms with Crippen LogP contribution < -0.4 is 10.5 Å². The monoisotopic (exact) mass is 234 g/mol. The van der Waals surface area contributed by atoms with Crippen molar-refractivity contribution in [2.24, 2.45) is 7.05 Å². The Bertz CT molecular complexity index is 598. The molecule has 88 valence electrons. The molecular formula is C11H10N2O4. The van der Waals surface area contributed by atoms with Crippen molar-refractivity contribution in [1.29, 1.82) is 0 Å². The summed E-state index contributed by atoms with van der Waals surface area (Å²) >= 11 is 0. The van der Waals surface area contributed by atoms with E-state index in [4.69, 9.17) is 4.84 Å². The highest BCUT2D eigenvalue weighted by atomic mass is 16.7. The van der Waals surface area contributed by atoms with Crippen LogP contribution in [0.3, 0.4) is 0 Å². The molecule has 1 aromatic carbocycles. The van der Waals surface area contributed by atoms with E-state index in [1.165, 1.54) is 7.05 Å². The number of carbonyl (C=O) groups is 1. The lowest BCUT2D eigenvalue weighted by Gasteiger charge is -2.03. The summed E-state index contributed by atoms with van der Waals surface area (Å²) in [6.45, 7) is 0. The first-order valence-electron chi connectivity index (χ1n) is 4.84. The second kappa shape index (κ2) is 4.17. The van der Waals surface area contributed by atoms with Crippen molar-refractivity contribution in [2.75, 3.05) is 0 Å². The van der Waals surface area contributed by atoms with Gasteiger partial charge in [-0.15, -0.1) is 0 Å². The molecule has 0 bridgehead atoms. The number of benzene rings is 1. The quantitative estimate of drug-likeness (QED) is 0.803. The maximum atomic E-state index is 11.6. The Kier molecular flexibility index (Phi) is 2.70. The van der Waals surface area contributed by atoms with Crippen LogP contribution in [0.2, 0.25) is 0 Å². The summed E-state index contributed by atoms with van der Waals surface area (Å²) in [5.74, 6) is -1.14. The van der Waals surface area contributed by atoms with E-state index in [1.807, 2.05) is 0 Å². The molecule has 0 aliphatic carbocycles. The molecule has 1 heterocycles. The van der Waals surface area contributed by atoms with Gasteiger partial charge in [-0.25, -0.2) is 9.59 Å². The Balaban J connectivity index is 2.28. The normalized spacial score (nSPS) is 10.2. The lowest BCUT2D eigenvalue weighted by atomic mass is 10.2. The van der Waals surface area contributed by atoms with Gasteiger partial charge in [-0.2, -0.15) is 0 Å². The molecule has 0 radical (unpaired) electrons. The third-order valence-corrected chi connectivity index (χ3v) is 2.18. The van der Waals surface area contributed by atoms with Crippen molar-refractivity contribution in [1.82, 2.24) is 9.30 Å². The molecule has 0 atom stereocenters. The summed E-state index contributed by atoms with van der Waals surface area (Å²) in [5.41, 5.74) is -0.338. The fourth-order valence-corrected chi connectivity index (χ4v) is 1.32. The molecule has 0 amide bonds. The molecule has 0 spiro atoms. The van der Waals surface area contributed by atoms with Crippen LogP contribution in [-0.2, 0) is 7.05 Å². The van der Waals surface area contributed by atoms with E-state index in [0.717, 1.165) is 10.8 Å². The van der Waals surface area contributed by atoms with E-state index in [2.05, 4.69) is 0 Å². The second-order valence-corrected chi connectivity index (χ2v) is 3.42. The Morgan fingerprint density at radius 3 is 2.47 bits per heavy atom. The fraction of sp³-hybridized carbons (Fsp3) is 0.0909. The number of nitrogens with zero attached hydrogens (tertiary/aromatic N) is 2. The second-order valence-electron chi connectivity index (χ2n) is 3.42. The molecule has 6 heteroatoms. The molecule has 2 rings (SSSR count). The van der Waals surface area contributed by atoms with Crippen LogP contribution in [-0.4, -0.2) is 20.4 Å². The molecule has 1 N–H and O–H groups in total. The van der Waals surface area contributed by atoms with Crippen LogP contribution in [0, 0.1) is 0 Å². The molecule has 6 nitrogen and oxygen atoms in total. The number of hydrogen-bond acceptors (Lipinski definition) is 4. The van der Waals surface area contributed by atoms with Crippen molar-refractivity contribution >= 4 is 5.97 Å². The zero-order valence-corrected chi connectivity index (χ0v) is 9.03. The molecule has 0 saturated carbocycles. The van der Waals surface area contributed by atoms with Crippen LogP contribution in [0.4, 0.5) is 0 Å². The van der Waals surface area contributed by atoms with E-state index in [9.17, 15) is 14.7 Å². The fourth-order valence-electron chi connectivity index (χ4n) is 1.32. The Morgan fingerprint density at radius 2 is 1.94 bits per heavy atom. The van der Waals surface area contributed by atoms with Gasteiger partial charge in [-0.05, 0) is 12.1 Å². The first-order valence-corrected chi connectivity index (χ1v) is 4.84. The maximum absolute atomic E-state index is 11.6. The van der Waals surface area contributed by atoms with Gasteiger partial charge in [-0.1, -0.05) is 22.9 Å². The van der Waals surface area contributed by atoms with Gasteiger partial charge in [0, 0.05) is 7.05 Å². The van der Waals surface area contributed by atoms with Crippen LogP contribution in [0.1, 0.15) is 10.4 Å². The Hall–Kier alpha value is -2.50. The number of aromatic nitrogens is 2. The molecular weight excluding hydrogens is 224 g/mol. The van der Waals surface area contributed by atoms with Gasteiger partial charge in [0.05, 0.1) is 11.8 Å². The summed E-state index contributed by atoms with van der Waals surface area (Å²) in [7, 11) is 1.44. The minimum atomic E-state index is -0.714. The first kappa shape index (κ1) is 11.0. The number of aromatic hydroxyl groups is 1. The van der Waals surface area contributed by atoms with Crippen molar-refractivity contribution < 1.29 is 14.7 Å². The predicted octanol–water partition coefficient (Wildman–Crippen LogP) is 0.161. The van der Waals surface area contributed by atoms with E-state index in [-0.39, 0.29) is 0 Å². The number of carbonyl (C=O) groups excluding carboxylic acids is 1. The Labute approximate surface area is 96.3 Å². The highest BCUT2D eigenvalue weighted by molar-refractivity contribution is 5.89. The summed E-state index contributed by atoms with van der Waals surface area (Å²) < 4.78 is 1.64. The molecule has 0 unspecified atom stereocenters. The minimum absolute atomic E-state index is 0.294. The SMILES string of the molecule is Cn1cc(O)n(OC(=O)c2ccccc2)c1=O. The van der Waals surface area contributed by atoms with Gasteiger partial charge in [0.1, 0.15) is 0 Å². The third kappa shape index (κ3) is 2.05. The van der Waals surface area contributed by atoms with Gasteiger partial charge in [0.15, 0.2) is 0 Å². The number of rotatable bonds is 2. The van der Waals surface area contributed by atoms with Crippen molar-refractivity contribution in [3.8, 4) is 5.88 Å². The summed E-state index contributed by atoms with van der Waals surface area (Å²) in [5, 5.41) is 9.37. The van der Waals surface area contributed by atoms with Crippen molar-refractivity contribution in [3.05, 3.63) is 52.6 Å². The molecule has 1 aromatic heterocycles. The van der Waals surface area contributed by atoms with E-state index >= 15 is 0 Å². The molecule has 0 aliphatic heterocycles. The smallest absolute Gasteiger partial charge is 0.365 e. The molecule has 0 saturated heterocycles. The topological polar surface area (TPSA) is 73.5 Å². The molecule has 0 aliphatic rings. The number of imidazole rings is 1. The number of hydrogen-bond donors (Lipinski definition) is 1. The van der Waals surface area contributed by atoms with E-state index < -0.39 is 17.5 Å². The van der Waals surface area contributed by atoms with Crippen LogP contribution in [0.25, 0.3) is 0 Å². The highest BCUT2D eigenvalue weighted by Crippen LogP contribution is 2.04. The average Bonchev–Trinajstić information content (AvgIpc) is 2.57. The van der Waals surface area contributed by atoms with Gasteiger partial charge < -0.3 is 9.94 Å². The number of aryl methyl sites for hydroxylation is 1. The first-order chi connectivity index (χ1) is 8.09. The van der Waals surface area contributed by atoms with E-state index in [0.29, 0.717) is 10.3 Å². The van der Waals surface area contributed by atoms with Gasteiger partial charge in [-0.3, -0.25) is 4.57 Å². The summed E-state index contributed by atoms with van der Waals surface area (Å²) in [6.07, 6.45) is 1.15. The van der Waals surface area contributed by atoms with Gasteiger partial charge in [0.25, 0.3) is 0 Å². The van der Waals surface area contributed by atoms with Crippen LogP contribution >= 0.6 is 0 Å². The average molecular weight is 234 g/mol. The standard InChI is InChI=1S/C11H10N2O4/c1-12-7-9(14)13(11(12)16)17-10(15)8-5-3-2-4-6-8/h2-7,14H,1H3.